The number of fused-ring (bicyclic) bond motifs is 1. The molecule has 1 aliphatic rings. The van der Waals surface area contributed by atoms with Gasteiger partial charge in [0.2, 0.25) is 10.0 Å². The van der Waals surface area contributed by atoms with E-state index >= 15 is 0 Å². The van der Waals surface area contributed by atoms with Crippen molar-refractivity contribution in [1.29, 1.82) is 0 Å². The Bertz CT molecular complexity index is 1100. The van der Waals surface area contributed by atoms with Gasteiger partial charge in [-0.3, -0.25) is 9.78 Å². The molecule has 2 heterocycles. The highest BCUT2D eigenvalue weighted by atomic mass is 32.2. The van der Waals surface area contributed by atoms with Crippen molar-refractivity contribution in [3.8, 4) is 0 Å². The number of rotatable bonds is 4. The first-order chi connectivity index (χ1) is 13.1. The second-order valence-electron chi connectivity index (χ2n) is 6.47. The first-order valence-corrected chi connectivity index (χ1v) is 10.2. The Labute approximate surface area is 157 Å². The van der Waals surface area contributed by atoms with E-state index in [1.54, 1.807) is 42.6 Å². The van der Waals surface area contributed by atoms with E-state index in [4.69, 9.17) is 0 Å². The largest absolute Gasteiger partial charge is 0.322 e. The maximum Gasteiger partial charge on any atom is 0.256 e. The van der Waals surface area contributed by atoms with E-state index in [1.165, 1.54) is 10.4 Å². The minimum absolute atomic E-state index is 0.196. The molecule has 0 unspecified atom stereocenters. The van der Waals surface area contributed by atoms with Gasteiger partial charge in [-0.2, -0.15) is 4.31 Å². The van der Waals surface area contributed by atoms with E-state index in [2.05, 4.69) is 10.3 Å². The van der Waals surface area contributed by atoms with Crippen molar-refractivity contribution in [2.45, 2.75) is 17.7 Å². The Morgan fingerprint density at radius 3 is 2.59 bits per heavy atom. The zero-order valence-electron chi connectivity index (χ0n) is 14.6. The molecule has 0 aliphatic carbocycles. The van der Waals surface area contributed by atoms with Crippen molar-refractivity contribution in [2.24, 2.45) is 0 Å². The van der Waals surface area contributed by atoms with E-state index in [1.807, 2.05) is 12.1 Å². The van der Waals surface area contributed by atoms with Gasteiger partial charge in [0.25, 0.3) is 5.91 Å². The smallest absolute Gasteiger partial charge is 0.256 e. The van der Waals surface area contributed by atoms with E-state index in [-0.39, 0.29) is 10.8 Å². The molecule has 3 aromatic rings. The number of amides is 1. The van der Waals surface area contributed by atoms with Crippen LogP contribution in [-0.4, -0.2) is 36.7 Å². The van der Waals surface area contributed by atoms with Crippen LogP contribution in [0.15, 0.2) is 65.7 Å². The van der Waals surface area contributed by atoms with Crippen LogP contribution in [0.3, 0.4) is 0 Å². The molecule has 1 N–H and O–H groups in total. The van der Waals surface area contributed by atoms with E-state index in [0.29, 0.717) is 24.3 Å². The first-order valence-electron chi connectivity index (χ1n) is 8.81. The average Bonchev–Trinajstić information content (AvgIpc) is 3.23. The summed E-state index contributed by atoms with van der Waals surface area (Å²) in [6.45, 7) is 1.09. The van der Waals surface area contributed by atoms with Gasteiger partial charge in [0.15, 0.2) is 0 Å². The monoisotopic (exact) mass is 381 g/mol. The van der Waals surface area contributed by atoms with Gasteiger partial charge in [0.05, 0.1) is 10.4 Å². The van der Waals surface area contributed by atoms with Crippen LogP contribution >= 0.6 is 0 Å². The van der Waals surface area contributed by atoms with Crippen LogP contribution in [-0.2, 0) is 10.0 Å². The van der Waals surface area contributed by atoms with Gasteiger partial charge in [-0.1, -0.05) is 18.2 Å². The predicted octanol–water partition coefficient (Wildman–Crippen LogP) is 3.27. The molecule has 1 amide bonds. The van der Waals surface area contributed by atoms with Gasteiger partial charge in [-0.05, 0) is 49.2 Å². The van der Waals surface area contributed by atoms with Crippen LogP contribution in [0.2, 0.25) is 0 Å². The minimum Gasteiger partial charge on any atom is -0.322 e. The van der Waals surface area contributed by atoms with Gasteiger partial charge in [0.1, 0.15) is 0 Å². The van der Waals surface area contributed by atoms with Gasteiger partial charge >= 0.3 is 0 Å². The van der Waals surface area contributed by atoms with Crippen molar-refractivity contribution < 1.29 is 13.2 Å². The number of carbonyl (C=O) groups excluding carboxylic acids is 1. The molecular formula is C20H19N3O3S. The summed E-state index contributed by atoms with van der Waals surface area (Å²) < 4.78 is 26.9. The number of nitrogens with zero attached hydrogens (tertiary/aromatic N) is 2. The highest BCUT2D eigenvalue weighted by Gasteiger charge is 2.27. The maximum absolute atomic E-state index is 12.7. The number of benzene rings is 2. The molecule has 138 valence electrons. The summed E-state index contributed by atoms with van der Waals surface area (Å²) in [6, 6.07) is 15.4. The molecule has 27 heavy (non-hydrogen) atoms. The second kappa shape index (κ2) is 7.09. The molecule has 1 aliphatic heterocycles. The summed E-state index contributed by atoms with van der Waals surface area (Å²) in [5.41, 5.74) is 1.67. The highest BCUT2D eigenvalue weighted by Crippen LogP contribution is 2.24. The third-order valence-corrected chi connectivity index (χ3v) is 6.58. The topological polar surface area (TPSA) is 79.4 Å². The molecule has 0 spiro atoms. The Balaban J connectivity index is 1.62. The van der Waals surface area contributed by atoms with Crippen LogP contribution in [0.25, 0.3) is 10.9 Å². The molecule has 1 aromatic heterocycles. The fourth-order valence-corrected chi connectivity index (χ4v) is 4.88. The van der Waals surface area contributed by atoms with Crippen LogP contribution in [0, 0.1) is 0 Å². The Kier molecular flexibility index (Phi) is 4.63. The van der Waals surface area contributed by atoms with E-state index in [0.717, 1.165) is 23.7 Å². The number of sulfonamides is 1. The zero-order valence-corrected chi connectivity index (χ0v) is 15.4. The summed E-state index contributed by atoms with van der Waals surface area (Å²) in [4.78, 5) is 17.2. The number of anilines is 1. The SMILES string of the molecule is O=C(Nc1cccc(S(=O)(=O)N2CCCC2)c1)c1cccc2ncccc12. The fraction of sp³-hybridized carbons (Fsp3) is 0.200. The second-order valence-corrected chi connectivity index (χ2v) is 8.41. The van der Waals surface area contributed by atoms with Crippen molar-refractivity contribution in [3.63, 3.8) is 0 Å². The van der Waals surface area contributed by atoms with Gasteiger partial charge in [0, 0.05) is 35.9 Å². The normalized spacial score (nSPS) is 15.1. The van der Waals surface area contributed by atoms with Crippen LogP contribution in [0.4, 0.5) is 5.69 Å². The molecule has 0 saturated carbocycles. The van der Waals surface area contributed by atoms with Crippen LogP contribution in [0.1, 0.15) is 23.2 Å². The van der Waals surface area contributed by atoms with Gasteiger partial charge in [-0.15, -0.1) is 0 Å². The van der Waals surface area contributed by atoms with Crippen LogP contribution in [0.5, 0.6) is 0 Å². The van der Waals surface area contributed by atoms with Crippen molar-refractivity contribution in [3.05, 3.63) is 66.4 Å². The quantitative estimate of drug-likeness (QED) is 0.752. The fourth-order valence-electron chi connectivity index (χ4n) is 3.31. The van der Waals surface area contributed by atoms with Crippen LogP contribution < -0.4 is 5.32 Å². The summed E-state index contributed by atoms with van der Waals surface area (Å²) in [6.07, 6.45) is 3.44. The average molecular weight is 381 g/mol. The lowest BCUT2D eigenvalue weighted by atomic mass is 10.1. The standard InChI is InChI=1S/C20H19N3O3S/c24-20(18-8-4-10-19-17(18)9-5-11-21-19)22-15-6-3-7-16(14-15)27(25,26)23-12-1-2-13-23/h3-11,14H,1-2,12-13H2,(H,22,24). The summed E-state index contributed by atoms with van der Waals surface area (Å²) in [5.74, 6) is -0.302. The number of pyridine rings is 1. The first kappa shape index (κ1) is 17.6. The summed E-state index contributed by atoms with van der Waals surface area (Å²) in [5, 5.41) is 3.55. The molecular weight excluding hydrogens is 362 g/mol. The van der Waals surface area contributed by atoms with Gasteiger partial charge in [-0.25, -0.2) is 8.42 Å². The number of hydrogen-bond donors (Lipinski definition) is 1. The Hall–Kier alpha value is -2.77. The molecule has 4 rings (SSSR count). The third kappa shape index (κ3) is 3.43. The number of carbonyl (C=O) groups is 1. The minimum atomic E-state index is -3.52. The highest BCUT2D eigenvalue weighted by molar-refractivity contribution is 7.89. The number of aromatic nitrogens is 1. The molecule has 1 saturated heterocycles. The molecule has 0 radical (unpaired) electrons. The lowest BCUT2D eigenvalue weighted by Gasteiger charge is -2.16. The van der Waals surface area contributed by atoms with Crippen molar-refractivity contribution >= 4 is 32.5 Å². The lowest BCUT2D eigenvalue weighted by molar-refractivity contribution is 0.102. The Morgan fingerprint density at radius 2 is 1.78 bits per heavy atom. The zero-order chi connectivity index (χ0) is 18.9. The molecule has 2 aromatic carbocycles. The van der Waals surface area contributed by atoms with Crippen molar-refractivity contribution in [2.75, 3.05) is 18.4 Å². The molecule has 0 bridgehead atoms. The summed E-state index contributed by atoms with van der Waals surface area (Å²) in [7, 11) is -3.52. The van der Waals surface area contributed by atoms with Gasteiger partial charge < -0.3 is 5.32 Å². The number of hydrogen-bond acceptors (Lipinski definition) is 4. The Morgan fingerprint density at radius 1 is 1.00 bits per heavy atom. The molecule has 6 nitrogen and oxygen atoms in total. The molecule has 7 heteroatoms. The predicted molar refractivity (Wildman–Crippen MR) is 104 cm³/mol. The van der Waals surface area contributed by atoms with E-state index in [9.17, 15) is 13.2 Å². The van der Waals surface area contributed by atoms with Crippen molar-refractivity contribution in [1.82, 2.24) is 9.29 Å². The molecule has 1 fully saturated rings. The third-order valence-electron chi connectivity index (χ3n) is 4.69. The van der Waals surface area contributed by atoms with E-state index < -0.39 is 10.0 Å². The lowest BCUT2D eigenvalue weighted by Crippen LogP contribution is -2.27. The summed E-state index contributed by atoms with van der Waals surface area (Å²) >= 11 is 0. The molecule has 0 atom stereocenters. The maximum atomic E-state index is 12.7. The number of nitrogens with one attached hydrogen (secondary N) is 1.